The summed E-state index contributed by atoms with van der Waals surface area (Å²) in [5, 5.41) is 1.09. The number of carbonyl (C=O) groups is 1. The van der Waals surface area contributed by atoms with Crippen molar-refractivity contribution in [2.24, 2.45) is 5.92 Å². The Labute approximate surface area is 123 Å². The van der Waals surface area contributed by atoms with Crippen LogP contribution in [0.25, 0.3) is 0 Å². The van der Waals surface area contributed by atoms with Gasteiger partial charge in [0.25, 0.3) is 0 Å². The van der Waals surface area contributed by atoms with E-state index in [-0.39, 0.29) is 11.3 Å². The number of halogens is 2. The van der Waals surface area contributed by atoms with Gasteiger partial charge in [0.1, 0.15) is 0 Å². The summed E-state index contributed by atoms with van der Waals surface area (Å²) in [5.74, 6) is 0.659. The van der Waals surface area contributed by atoms with Crippen molar-refractivity contribution < 1.29 is 4.79 Å². The van der Waals surface area contributed by atoms with Gasteiger partial charge in [-0.1, -0.05) is 42.1 Å². The third-order valence-electron chi connectivity index (χ3n) is 4.73. The number of nitrogens with zero attached hydrogens (tertiary/aromatic N) is 1. The molecule has 1 amide bonds. The van der Waals surface area contributed by atoms with Crippen LogP contribution >= 0.6 is 23.2 Å². The topological polar surface area (TPSA) is 20.3 Å². The molecule has 2 nitrogen and oxygen atoms in total. The highest BCUT2D eigenvalue weighted by molar-refractivity contribution is 6.42. The van der Waals surface area contributed by atoms with Crippen LogP contribution in [0.1, 0.15) is 31.2 Å². The number of rotatable bonds is 1. The minimum absolute atomic E-state index is 0.246. The second-order valence-electron chi connectivity index (χ2n) is 5.73. The number of hydrogen-bond donors (Lipinski definition) is 0. The van der Waals surface area contributed by atoms with Crippen LogP contribution in [-0.2, 0) is 10.2 Å². The molecule has 1 aromatic carbocycles. The standard InChI is InChI=1S/C15H17Cl2NO/c1-18-9-11-4-2-3-7-15(11,14(18)19)10-5-6-12(16)13(17)8-10/h5-6,8,11H,2-4,7,9H2,1H3/t11?,15-/m1/s1. The van der Waals surface area contributed by atoms with E-state index in [2.05, 4.69) is 0 Å². The zero-order valence-corrected chi connectivity index (χ0v) is 12.5. The molecule has 19 heavy (non-hydrogen) atoms. The number of likely N-dealkylation sites (N-methyl/N-ethyl adjacent to an activating group) is 1. The largest absolute Gasteiger partial charge is 0.345 e. The molecule has 1 heterocycles. The Kier molecular flexibility index (Phi) is 3.26. The Hall–Kier alpha value is -0.730. The van der Waals surface area contributed by atoms with Gasteiger partial charge in [-0.25, -0.2) is 0 Å². The molecule has 4 heteroatoms. The molecule has 0 aromatic heterocycles. The van der Waals surface area contributed by atoms with Crippen molar-refractivity contribution in [1.29, 1.82) is 0 Å². The first-order valence-corrected chi connectivity index (χ1v) is 7.52. The van der Waals surface area contributed by atoms with Gasteiger partial charge in [-0.3, -0.25) is 4.79 Å². The lowest BCUT2D eigenvalue weighted by molar-refractivity contribution is -0.132. The molecular formula is C15H17Cl2NO. The molecule has 0 radical (unpaired) electrons. The molecule has 2 atom stereocenters. The van der Waals surface area contributed by atoms with Crippen LogP contribution in [-0.4, -0.2) is 24.4 Å². The van der Waals surface area contributed by atoms with Crippen molar-refractivity contribution in [2.45, 2.75) is 31.1 Å². The molecule has 102 valence electrons. The molecular weight excluding hydrogens is 281 g/mol. The zero-order chi connectivity index (χ0) is 13.6. The van der Waals surface area contributed by atoms with Crippen LogP contribution in [0.2, 0.25) is 10.0 Å². The molecule has 2 aliphatic rings. The number of amides is 1. The summed E-state index contributed by atoms with van der Waals surface area (Å²) in [6.45, 7) is 0.860. The van der Waals surface area contributed by atoms with Gasteiger partial charge in [-0.2, -0.15) is 0 Å². The highest BCUT2D eigenvalue weighted by atomic mass is 35.5. The predicted octanol–water partition coefficient (Wildman–Crippen LogP) is 3.89. The number of hydrogen-bond acceptors (Lipinski definition) is 1. The van der Waals surface area contributed by atoms with Crippen LogP contribution in [0, 0.1) is 5.92 Å². The fraction of sp³-hybridized carbons (Fsp3) is 0.533. The van der Waals surface area contributed by atoms with Crippen molar-refractivity contribution in [2.75, 3.05) is 13.6 Å². The van der Waals surface area contributed by atoms with Crippen LogP contribution < -0.4 is 0 Å². The fourth-order valence-electron chi connectivity index (χ4n) is 3.80. The van der Waals surface area contributed by atoms with Gasteiger partial charge in [0.05, 0.1) is 15.5 Å². The van der Waals surface area contributed by atoms with Gasteiger partial charge in [-0.05, 0) is 36.5 Å². The molecule has 0 spiro atoms. The van der Waals surface area contributed by atoms with Crippen molar-refractivity contribution in [3.8, 4) is 0 Å². The Bertz CT molecular complexity index is 531. The van der Waals surface area contributed by atoms with E-state index in [0.717, 1.165) is 31.4 Å². The molecule has 1 unspecified atom stereocenters. The van der Waals surface area contributed by atoms with Gasteiger partial charge in [-0.15, -0.1) is 0 Å². The summed E-state index contributed by atoms with van der Waals surface area (Å²) < 4.78 is 0. The van der Waals surface area contributed by atoms with Crippen molar-refractivity contribution >= 4 is 29.1 Å². The number of fused-ring (bicyclic) bond motifs is 1. The maximum atomic E-state index is 12.7. The highest BCUT2D eigenvalue weighted by Crippen LogP contribution is 2.49. The number of carbonyl (C=O) groups excluding carboxylic acids is 1. The third-order valence-corrected chi connectivity index (χ3v) is 5.47. The summed E-state index contributed by atoms with van der Waals surface area (Å²) in [4.78, 5) is 14.6. The molecule has 1 aromatic rings. The minimum Gasteiger partial charge on any atom is -0.345 e. The van der Waals surface area contributed by atoms with Crippen molar-refractivity contribution in [3.05, 3.63) is 33.8 Å². The van der Waals surface area contributed by atoms with Crippen LogP contribution in [0.5, 0.6) is 0 Å². The summed E-state index contributed by atoms with van der Waals surface area (Å²) in [6.07, 6.45) is 4.38. The normalized spacial score (nSPS) is 30.6. The van der Waals surface area contributed by atoms with E-state index in [1.165, 1.54) is 6.42 Å². The molecule has 0 N–H and O–H groups in total. The van der Waals surface area contributed by atoms with E-state index in [0.29, 0.717) is 16.0 Å². The first-order chi connectivity index (χ1) is 9.05. The molecule has 0 bridgehead atoms. The molecule has 1 aliphatic heterocycles. The Morgan fingerprint density at radius 1 is 1.26 bits per heavy atom. The molecule has 1 aliphatic carbocycles. The Morgan fingerprint density at radius 2 is 2.05 bits per heavy atom. The van der Waals surface area contributed by atoms with Gasteiger partial charge < -0.3 is 4.90 Å². The first kappa shape index (κ1) is 13.3. The van der Waals surface area contributed by atoms with Gasteiger partial charge in [0.2, 0.25) is 5.91 Å². The molecule has 3 rings (SSSR count). The number of likely N-dealkylation sites (tertiary alicyclic amines) is 1. The monoisotopic (exact) mass is 297 g/mol. The summed E-state index contributed by atoms with van der Waals surface area (Å²) in [5.41, 5.74) is 0.683. The Balaban J connectivity index is 2.12. The summed E-state index contributed by atoms with van der Waals surface area (Å²) in [7, 11) is 1.90. The predicted molar refractivity (Wildman–Crippen MR) is 77.7 cm³/mol. The quantitative estimate of drug-likeness (QED) is 0.770. The van der Waals surface area contributed by atoms with E-state index in [9.17, 15) is 4.79 Å². The lowest BCUT2D eigenvalue weighted by Gasteiger charge is -2.37. The smallest absolute Gasteiger partial charge is 0.233 e. The summed E-state index contributed by atoms with van der Waals surface area (Å²) >= 11 is 12.1. The molecule has 1 saturated heterocycles. The van der Waals surface area contributed by atoms with Gasteiger partial charge in [0, 0.05) is 13.6 Å². The van der Waals surface area contributed by atoms with Crippen LogP contribution in [0.15, 0.2) is 18.2 Å². The lowest BCUT2D eigenvalue weighted by Crippen LogP contribution is -2.42. The minimum atomic E-state index is -0.360. The fourth-order valence-corrected chi connectivity index (χ4v) is 4.10. The second-order valence-corrected chi connectivity index (χ2v) is 6.54. The first-order valence-electron chi connectivity index (χ1n) is 6.77. The van der Waals surface area contributed by atoms with E-state index >= 15 is 0 Å². The second kappa shape index (κ2) is 4.68. The third kappa shape index (κ3) is 1.88. The van der Waals surface area contributed by atoms with Gasteiger partial charge in [0.15, 0.2) is 0 Å². The van der Waals surface area contributed by atoms with E-state index < -0.39 is 0 Å². The van der Waals surface area contributed by atoms with E-state index in [1.54, 1.807) is 0 Å². The van der Waals surface area contributed by atoms with Crippen molar-refractivity contribution in [1.82, 2.24) is 4.90 Å². The highest BCUT2D eigenvalue weighted by Gasteiger charge is 2.54. The molecule has 1 saturated carbocycles. The zero-order valence-electron chi connectivity index (χ0n) is 11.0. The lowest BCUT2D eigenvalue weighted by atomic mass is 9.64. The van der Waals surface area contributed by atoms with E-state index in [4.69, 9.17) is 23.2 Å². The number of benzene rings is 1. The summed E-state index contributed by atoms with van der Waals surface area (Å²) in [6, 6.07) is 5.67. The maximum absolute atomic E-state index is 12.7. The van der Waals surface area contributed by atoms with Crippen LogP contribution in [0.4, 0.5) is 0 Å². The van der Waals surface area contributed by atoms with Crippen molar-refractivity contribution in [3.63, 3.8) is 0 Å². The molecule has 2 fully saturated rings. The Morgan fingerprint density at radius 3 is 2.79 bits per heavy atom. The average Bonchev–Trinajstić information content (AvgIpc) is 2.66. The average molecular weight is 298 g/mol. The van der Waals surface area contributed by atoms with E-state index in [1.807, 2.05) is 30.1 Å². The maximum Gasteiger partial charge on any atom is 0.233 e. The SMILES string of the molecule is CN1CC2CCCC[C@]2(c2ccc(Cl)c(Cl)c2)C1=O. The van der Waals surface area contributed by atoms with Gasteiger partial charge >= 0.3 is 0 Å². The van der Waals surface area contributed by atoms with Crippen LogP contribution in [0.3, 0.4) is 0 Å².